The Morgan fingerprint density at radius 1 is 1.40 bits per heavy atom. The number of rotatable bonds is 6. The number of anilines is 2. The van der Waals surface area contributed by atoms with E-state index in [1.807, 2.05) is 25.1 Å². The molecule has 1 heterocycles. The first kappa shape index (κ1) is 11.8. The SMILES string of the molecule is CCCNc1cccc(NC(C)CO)n1. The van der Waals surface area contributed by atoms with E-state index in [0.717, 1.165) is 24.6 Å². The van der Waals surface area contributed by atoms with Gasteiger partial charge >= 0.3 is 0 Å². The third kappa shape index (κ3) is 4.16. The predicted octanol–water partition coefficient (Wildman–Crippen LogP) is 1.70. The van der Waals surface area contributed by atoms with Crippen LogP contribution in [0.25, 0.3) is 0 Å². The number of aliphatic hydroxyl groups excluding tert-OH is 1. The highest BCUT2D eigenvalue weighted by Gasteiger charge is 2.01. The van der Waals surface area contributed by atoms with E-state index in [-0.39, 0.29) is 12.6 Å². The van der Waals surface area contributed by atoms with Gasteiger partial charge < -0.3 is 15.7 Å². The molecule has 0 aromatic carbocycles. The second kappa shape index (κ2) is 6.24. The lowest BCUT2D eigenvalue weighted by atomic mass is 10.3. The van der Waals surface area contributed by atoms with Gasteiger partial charge in [-0.25, -0.2) is 4.98 Å². The summed E-state index contributed by atoms with van der Waals surface area (Å²) < 4.78 is 0. The molecule has 0 aliphatic heterocycles. The molecule has 3 N–H and O–H groups in total. The highest BCUT2D eigenvalue weighted by molar-refractivity contribution is 5.45. The molecular weight excluding hydrogens is 190 g/mol. The first-order valence-corrected chi connectivity index (χ1v) is 5.34. The molecule has 84 valence electrons. The van der Waals surface area contributed by atoms with Crippen LogP contribution in [0.4, 0.5) is 11.6 Å². The maximum Gasteiger partial charge on any atom is 0.128 e. The molecule has 1 aromatic rings. The zero-order chi connectivity index (χ0) is 11.1. The third-order valence-electron chi connectivity index (χ3n) is 1.97. The van der Waals surface area contributed by atoms with E-state index in [1.54, 1.807) is 0 Å². The van der Waals surface area contributed by atoms with E-state index in [0.29, 0.717) is 0 Å². The number of nitrogens with one attached hydrogen (secondary N) is 2. The molecule has 0 aliphatic carbocycles. The number of pyridine rings is 1. The lowest BCUT2D eigenvalue weighted by Gasteiger charge is -2.12. The zero-order valence-electron chi connectivity index (χ0n) is 9.33. The molecule has 0 saturated heterocycles. The first-order valence-electron chi connectivity index (χ1n) is 5.34. The topological polar surface area (TPSA) is 57.2 Å². The molecule has 1 aromatic heterocycles. The summed E-state index contributed by atoms with van der Waals surface area (Å²) in [6, 6.07) is 5.80. The van der Waals surface area contributed by atoms with Gasteiger partial charge in [-0.05, 0) is 25.5 Å². The fourth-order valence-corrected chi connectivity index (χ4v) is 1.16. The van der Waals surface area contributed by atoms with Crippen molar-refractivity contribution < 1.29 is 5.11 Å². The van der Waals surface area contributed by atoms with Crippen molar-refractivity contribution in [2.45, 2.75) is 26.3 Å². The smallest absolute Gasteiger partial charge is 0.128 e. The van der Waals surface area contributed by atoms with Crippen LogP contribution < -0.4 is 10.6 Å². The van der Waals surface area contributed by atoms with Crippen LogP contribution in [0, 0.1) is 0 Å². The maximum atomic E-state index is 8.90. The Balaban J connectivity index is 2.57. The summed E-state index contributed by atoms with van der Waals surface area (Å²) in [5.41, 5.74) is 0. The average molecular weight is 209 g/mol. The number of hydrogen-bond donors (Lipinski definition) is 3. The summed E-state index contributed by atoms with van der Waals surface area (Å²) in [4.78, 5) is 4.36. The highest BCUT2D eigenvalue weighted by atomic mass is 16.3. The summed E-state index contributed by atoms with van der Waals surface area (Å²) >= 11 is 0. The van der Waals surface area contributed by atoms with Crippen LogP contribution in [0.2, 0.25) is 0 Å². The van der Waals surface area contributed by atoms with Gasteiger partial charge in [-0.3, -0.25) is 0 Å². The van der Waals surface area contributed by atoms with Crippen molar-refractivity contribution >= 4 is 11.6 Å². The van der Waals surface area contributed by atoms with E-state index in [9.17, 15) is 0 Å². The standard InChI is InChI=1S/C11H19N3O/c1-3-7-12-10-5-4-6-11(14-10)13-9(2)8-15/h4-6,9,15H,3,7-8H2,1-2H3,(H2,12,13,14). The van der Waals surface area contributed by atoms with Crippen molar-refractivity contribution in [3.8, 4) is 0 Å². The van der Waals surface area contributed by atoms with Crippen molar-refractivity contribution in [3.63, 3.8) is 0 Å². The fourth-order valence-electron chi connectivity index (χ4n) is 1.16. The molecule has 0 radical (unpaired) electrons. The molecule has 0 fully saturated rings. The molecule has 0 saturated carbocycles. The van der Waals surface area contributed by atoms with Gasteiger partial charge in [0.2, 0.25) is 0 Å². The molecule has 0 amide bonds. The molecule has 4 nitrogen and oxygen atoms in total. The van der Waals surface area contributed by atoms with Crippen molar-refractivity contribution in [2.75, 3.05) is 23.8 Å². The van der Waals surface area contributed by atoms with Gasteiger partial charge in [0, 0.05) is 12.6 Å². The predicted molar refractivity (Wildman–Crippen MR) is 63.2 cm³/mol. The molecule has 0 aliphatic rings. The number of aromatic nitrogens is 1. The van der Waals surface area contributed by atoms with Crippen molar-refractivity contribution in [1.82, 2.24) is 4.98 Å². The maximum absolute atomic E-state index is 8.90. The molecule has 1 rings (SSSR count). The van der Waals surface area contributed by atoms with E-state index < -0.39 is 0 Å². The Bertz CT molecular complexity index is 291. The molecule has 1 atom stereocenters. The quantitative estimate of drug-likeness (QED) is 0.667. The molecule has 0 bridgehead atoms. The first-order chi connectivity index (χ1) is 7.26. The van der Waals surface area contributed by atoms with Crippen LogP contribution >= 0.6 is 0 Å². The molecule has 0 spiro atoms. The van der Waals surface area contributed by atoms with E-state index in [4.69, 9.17) is 5.11 Å². The summed E-state index contributed by atoms with van der Waals surface area (Å²) in [7, 11) is 0. The van der Waals surface area contributed by atoms with Gasteiger partial charge in [0.25, 0.3) is 0 Å². The van der Waals surface area contributed by atoms with Crippen LogP contribution in [-0.4, -0.2) is 29.3 Å². The van der Waals surface area contributed by atoms with E-state index >= 15 is 0 Å². The Morgan fingerprint density at radius 2 is 2.13 bits per heavy atom. The van der Waals surface area contributed by atoms with Crippen LogP contribution in [0.15, 0.2) is 18.2 Å². The van der Waals surface area contributed by atoms with Gasteiger partial charge in [0.15, 0.2) is 0 Å². The molecule has 15 heavy (non-hydrogen) atoms. The third-order valence-corrected chi connectivity index (χ3v) is 1.97. The fraction of sp³-hybridized carbons (Fsp3) is 0.545. The van der Waals surface area contributed by atoms with Crippen molar-refractivity contribution in [1.29, 1.82) is 0 Å². The lowest BCUT2D eigenvalue weighted by molar-refractivity contribution is 0.281. The highest BCUT2D eigenvalue weighted by Crippen LogP contribution is 2.09. The number of aliphatic hydroxyl groups is 1. The molecule has 4 heteroatoms. The van der Waals surface area contributed by atoms with Gasteiger partial charge in [-0.15, -0.1) is 0 Å². The number of hydrogen-bond acceptors (Lipinski definition) is 4. The summed E-state index contributed by atoms with van der Waals surface area (Å²) in [6.45, 7) is 5.05. The summed E-state index contributed by atoms with van der Waals surface area (Å²) in [5, 5.41) is 15.2. The minimum absolute atomic E-state index is 0.0268. The van der Waals surface area contributed by atoms with Gasteiger partial charge in [-0.1, -0.05) is 13.0 Å². The Labute approximate surface area is 90.7 Å². The summed E-state index contributed by atoms with van der Waals surface area (Å²) in [5.74, 6) is 1.66. The van der Waals surface area contributed by atoms with Crippen molar-refractivity contribution in [3.05, 3.63) is 18.2 Å². The summed E-state index contributed by atoms with van der Waals surface area (Å²) in [6.07, 6.45) is 1.08. The minimum atomic E-state index is 0.0268. The Morgan fingerprint density at radius 3 is 2.80 bits per heavy atom. The van der Waals surface area contributed by atoms with E-state index in [2.05, 4.69) is 22.5 Å². The number of nitrogens with zero attached hydrogens (tertiary/aromatic N) is 1. The van der Waals surface area contributed by atoms with Gasteiger partial charge in [0.1, 0.15) is 11.6 Å². The van der Waals surface area contributed by atoms with Crippen LogP contribution in [0.5, 0.6) is 0 Å². The van der Waals surface area contributed by atoms with Crippen LogP contribution in [0.1, 0.15) is 20.3 Å². The molecular formula is C11H19N3O. The normalized spacial score (nSPS) is 12.2. The van der Waals surface area contributed by atoms with Crippen LogP contribution in [-0.2, 0) is 0 Å². The zero-order valence-corrected chi connectivity index (χ0v) is 9.33. The average Bonchev–Trinajstić information content (AvgIpc) is 2.26. The van der Waals surface area contributed by atoms with E-state index in [1.165, 1.54) is 0 Å². The molecule has 1 unspecified atom stereocenters. The Kier molecular flexibility index (Phi) is 4.90. The monoisotopic (exact) mass is 209 g/mol. The minimum Gasteiger partial charge on any atom is -0.394 e. The van der Waals surface area contributed by atoms with Gasteiger partial charge in [-0.2, -0.15) is 0 Å². The van der Waals surface area contributed by atoms with Crippen molar-refractivity contribution in [2.24, 2.45) is 0 Å². The second-order valence-electron chi connectivity index (χ2n) is 3.56. The largest absolute Gasteiger partial charge is 0.394 e. The van der Waals surface area contributed by atoms with Crippen LogP contribution in [0.3, 0.4) is 0 Å². The lowest BCUT2D eigenvalue weighted by Crippen LogP contribution is -2.20. The van der Waals surface area contributed by atoms with Gasteiger partial charge in [0.05, 0.1) is 6.61 Å². The second-order valence-corrected chi connectivity index (χ2v) is 3.56. The Hall–Kier alpha value is -1.29.